The second-order valence-corrected chi connectivity index (χ2v) is 5.66. The lowest BCUT2D eigenvalue weighted by molar-refractivity contribution is 0.0694. The number of hydrogen-bond acceptors (Lipinski definition) is 4. The summed E-state index contributed by atoms with van der Waals surface area (Å²) in [4.78, 5) is 18.9. The summed E-state index contributed by atoms with van der Waals surface area (Å²) in [6, 6.07) is 0. The highest BCUT2D eigenvalue weighted by molar-refractivity contribution is 5.88. The molecule has 1 aliphatic carbocycles. The van der Waals surface area contributed by atoms with Crippen molar-refractivity contribution in [1.82, 2.24) is 15.3 Å². The number of nitrogens with one attached hydrogen (secondary N) is 1. The Kier molecular flexibility index (Phi) is 4.47. The van der Waals surface area contributed by atoms with Gasteiger partial charge in [0, 0.05) is 19.3 Å². The van der Waals surface area contributed by atoms with Gasteiger partial charge >= 0.3 is 5.97 Å². The highest BCUT2D eigenvalue weighted by Crippen LogP contribution is 2.34. The van der Waals surface area contributed by atoms with Crippen LogP contribution in [0, 0.1) is 5.41 Å². The van der Waals surface area contributed by atoms with Crippen LogP contribution in [-0.2, 0) is 6.54 Å². The van der Waals surface area contributed by atoms with E-state index in [2.05, 4.69) is 22.2 Å². The highest BCUT2D eigenvalue weighted by atomic mass is 16.4. The Bertz CT molecular complexity index is 442. The minimum atomic E-state index is -0.971. The Morgan fingerprint density at radius 1 is 1.42 bits per heavy atom. The van der Waals surface area contributed by atoms with Gasteiger partial charge in [-0.15, -0.1) is 0 Å². The van der Waals surface area contributed by atoms with Crippen LogP contribution in [-0.4, -0.2) is 27.6 Å². The van der Waals surface area contributed by atoms with Crippen molar-refractivity contribution >= 4 is 5.97 Å². The second-order valence-electron chi connectivity index (χ2n) is 5.66. The van der Waals surface area contributed by atoms with Crippen LogP contribution in [0.5, 0.6) is 0 Å². The van der Waals surface area contributed by atoms with Crippen molar-refractivity contribution in [2.75, 3.05) is 6.54 Å². The summed E-state index contributed by atoms with van der Waals surface area (Å²) in [7, 11) is 0. The van der Waals surface area contributed by atoms with E-state index in [-0.39, 0.29) is 5.56 Å². The number of carboxylic acids is 1. The van der Waals surface area contributed by atoms with E-state index < -0.39 is 5.97 Å². The monoisotopic (exact) mass is 263 g/mol. The van der Waals surface area contributed by atoms with Crippen molar-refractivity contribution in [3.63, 3.8) is 0 Å². The largest absolute Gasteiger partial charge is 0.478 e. The molecule has 1 fully saturated rings. The van der Waals surface area contributed by atoms with Crippen molar-refractivity contribution in [1.29, 1.82) is 0 Å². The Hall–Kier alpha value is -1.49. The summed E-state index contributed by atoms with van der Waals surface area (Å²) in [6.07, 6.45) is 9.17. The average molecular weight is 263 g/mol. The number of aromatic carboxylic acids is 1. The smallest absolute Gasteiger partial charge is 0.339 e. The zero-order valence-electron chi connectivity index (χ0n) is 11.4. The molecule has 0 aromatic carbocycles. The van der Waals surface area contributed by atoms with Crippen molar-refractivity contribution in [2.24, 2.45) is 5.41 Å². The third-order valence-corrected chi connectivity index (χ3v) is 3.93. The molecule has 0 atom stereocenters. The molecule has 19 heavy (non-hydrogen) atoms. The SMILES string of the molecule is CC1(CNCc2ncncc2C(=O)O)CCCCC1. The fourth-order valence-corrected chi connectivity index (χ4v) is 2.74. The van der Waals surface area contributed by atoms with Crippen LogP contribution in [0.15, 0.2) is 12.5 Å². The fraction of sp³-hybridized carbons (Fsp3) is 0.643. The van der Waals surface area contributed by atoms with Crippen LogP contribution in [0.4, 0.5) is 0 Å². The van der Waals surface area contributed by atoms with Gasteiger partial charge in [0.1, 0.15) is 11.9 Å². The summed E-state index contributed by atoms with van der Waals surface area (Å²) < 4.78 is 0. The molecule has 1 saturated carbocycles. The fourth-order valence-electron chi connectivity index (χ4n) is 2.74. The van der Waals surface area contributed by atoms with Gasteiger partial charge in [-0.25, -0.2) is 14.8 Å². The Morgan fingerprint density at radius 2 is 2.16 bits per heavy atom. The number of aromatic nitrogens is 2. The second kappa shape index (κ2) is 6.10. The van der Waals surface area contributed by atoms with Crippen molar-refractivity contribution in [3.8, 4) is 0 Å². The first-order valence-electron chi connectivity index (χ1n) is 6.84. The topological polar surface area (TPSA) is 75.1 Å². The van der Waals surface area contributed by atoms with Gasteiger partial charge in [-0.3, -0.25) is 0 Å². The summed E-state index contributed by atoms with van der Waals surface area (Å²) in [5, 5.41) is 12.4. The van der Waals surface area contributed by atoms with Crippen LogP contribution in [0.3, 0.4) is 0 Å². The molecule has 0 amide bonds. The van der Waals surface area contributed by atoms with E-state index >= 15 is 0 Å². The van der Waals surface area contributed by atoms with Gasteiger partial charge in [0.25, 0.3) is 0 Å². The summed E-state index contributed by atoms with van der Waals surface area (Å²) >= 11 is 0. The van der Waals surface area contributed by atoms with Crippen LogP contribution < -0.4 is 5.32 Å². The normalized spacial score (nSPS) is 18.2. The van der Waals surface area contributed by atoms with Gasteiger partial charge in [-0.05, 0) is 18.3 Å². The molecule has 1 aromatic heterocycles. The minimum Gasteiger partial charge on any atom is -0.478 e. The lowest BCUT2D eigenvalue weighted by atomic mass is 9.76. The third kappa shape index (κ3) is 3.73. The molecule has 0 radical (unpaired) electrons. The first-order chi connectivity index (χ1) is 9.11. The van der Waals surface area contributed by atoms with Gasteiger partial charge in [0.05, 0.1) is 5.69 Å². The molecular formula is C14H21N3O2. The van der Waals surface area contributed by atoms with Crippen molar-refractivity contribution in [2.45, 2.75) is 45.6 Å². The first-order valence-corrected chi connectivity index (χ1v) is 6.84. The van der Waals surface area contributed by atoms with Gasteiger partial charge in [-0.1, -0.05) is 26.2 Å². The van der Waals surface area contributed by atoms with E-state index in [0.717, 1.165) is 6.54 Å². The summed E-state index contributed by atoms with van der Waals surface area (Å²) in [6.45, 7) is 3.70. The van der Waals surface area contributed by atoms with Crippen LogP contribution in [0.2, 0.25) is 0 Å². The van der Waals surface area contributed by atoms with E-state index in [4.69, 9.17) is 5.11 Å². The maximum Gasteiger partial charge on any atom is 0.339 e. The molecule has 1 aliphatic rings. The summed E-state index contributed by atoms with van der Waals surface area (Å²) in [5.41, 5.74) is 1.08. The molecule has 1 heterocycles. The zero-order valence-corrected chi connectivity index (χ0v) is 11.4. The third-order valence-electron chi connectivity index (χ3n) is 3.93. The predicted molar refractivity (Wildman–Crippen MR) is 71.9 cm³/mol. The quantitative estimate of drug-likeness (QED) is 0.852. The van der Waals surface area contributed by atoms with Gasteiger partial charge < -0.3 is 10.4 Å². The van der Waals surface area contributed by atoms with E-state index in [9.17, 15) is 4.79 Å². The first kappa shape index (κ1) is 13.9. The molecule has 5 nitrogen and oxygen atoms in total. The Morgan fingerprint density at radius 3 is 2.84 bits per heavy atom. The van der Waals surface area contributed by atoms with Crippen LogP contribution >= 0.6 is 0 Å². The lowest BCUT2D eigenvalue weighted by Gasteiger charge is -2.33. The van der Waals surface area contributed by atoms with Crippen molar-refractivity contribution in [3.05, 3.63) is 23.8 Å². The van der Waals surface area contributed by atoms with Crippen LogP contribution in [0.25, 0.3) is 0 Å². The van der Waals surface area contributed by atoms with Gasteiger partial charge in [-0.2, -0.15) is 0 Å². The zero-order chi connectivity index (χ0) is 13.7. The molecule has 2 rings (SSSR count). The van der Waals surface area contributed by atoms with E-state index in [1.807, 2.05) is 0 Å². The molecule has 1 aromatic rings. The molecule has 0 saturated heterocycles. The number of hydrogen-bond donors (Lipinski definition) is 2. The predicted octanol–water partition coefficient (Wildman–Crippen LogP) is 2.23. The Balaban J connectivity index is 1.90. The van der Waals surface area contributed by atoms with E-state index in [1.54, 1.807) is 0 Å². The number of rotatable bonds is 5. The standard InChI is InChI=1S/C14H21N3O2/c1-14(5-3-2-4-6-14)9-15-8-12-11(13(18)19)7-16-10-17-12/h7,10,15H,2-6,8-9H2,1H3,(H,18,19). The Labute approximate surface area is 113 Å². The number of nitrogens with zero attached hydrogens (tertiary/aromatic N) is 2. The van der Waals surface area contributed by atoms with Gasteiger partial charge in [0.15, 0.2) is 0 Å². The number of carboxylic acid groups (broad SMARTS) is 1. The summed E-state index contributed by atoms with van der Waals surface area (Å²) in [5.74, 6) is -0.971. The van der Waals surface area contributed by atoms with E-state index in [1.165, 1.54) is 44.6 Å². The molecule has 5 heteroatoms. The molecular weight excluding hydrogens is 242 g/mol. The molecule has 104 valence electrons. The molecule has 2 N–H and O–H groups in total. The molecule has 0 bridgehead atoms. The van der Waals surface area contributed by atoms with Gasteiger partial charge in [0.2, 0.25) is 0 Å². The van der Waals surface area contributed by atoms with Crippen molar-refractivity contribution < 1.29 is 9.90 Å². The van der Waals surface area contributed by atoms with Crippen LogP contribution in [0.1, 0.15) is 55.1 Å². The average Bonchev–Trinajstić information content (AvgIpc) is 2.40. The van der Waals surface area contributed by atoms with E-state index in [0.29, 0.717) is 17.7 Å². The maximum atomic E-state index is 11.0. The minimum absolute atomic E-state index is 0.184. The lowest BCUT2D eigenvalue weighted by Crippen LogP contribution is -2.33. The number of carbonyl (C=O) groups is 1. The molecule has 0 aliphatic heterocycles. The highest BCUT2D eigenvalue weighted by Gasteiger charge is 2.26. The molecule has 0 unspecified atom stereocenters. The molecule has 0 spiro atoms. The maximum absolute atomic E-state index is 11.0.